The molecular weight excluding hydrogens is 359 g/mol. The maximum atomic E-state index is 12.5. The van der Waals surface area contributed by atoms with Crippen LogP contribution in [0.5, 0.6) is 0 Å². The van der Waals surface area contributed by atoms with Gasteiger partial charge in [-0.1, -0.05) is 18.2 Å². The molecule has 0 fully saturated rings. The molecule has 0 atom stereocenters. The van der Waals surface area contributed by atoms with Gasteiger partial charge in [0.15, 0.2) is 0 Å². The van der Waals surface area contributed by atoms with Crippen molar-refractivity contribution in [3.05, 3.63) is 66.4 Å². The van der Waals surface area contributed by atoms with Gasteiger partial charge >= 0.3 is 6.18 Å². The number of fused-ring (bicyclic) bond motifs is 1. The summed E-state index contributed by atoms with van der Waals surface area (Å²) in [6, 6.07) is 12.9. The zero-order valence-corrected chi connectivity index (χ0v) is 13.9. The van der Waals surface area contributed by atoms with Crippen molar-refractivity contribution < 1.29 is 22.8 Å². The van der Waals surface area contributed by atoms with Gasteiger partial charge in [-0.3, -0.25) is 14.6 Å². The molecule has 0 aliphatic rings. The fraction of sp³-hybridized carbons (Fsp3) is 0.105. The van der Waals surface area contributed by atoms with E-state index in [1.54, 1.807) is 24.4 Å². The number of carbonyl (C=O) groups is 2. The van der Waals surface area contributed by atoms with Crippen molar-refractivity contribution in [3.8, 4) is 0 Å². The lowest BCUT2D eigenvalue weighted by Gasteiger charge is -2.10. The predicted molar refractivity (Wildman–Crippen MR) is 95.1 cm³/mol. The number of nitrogens with zero attached hydrogens (tertiary/aromatic N) is 1. The van der Waals surface area contributed by atoms with E-state index in [2.05, 4.69) is 15.6 Å². The van der Waals surface area contributed by atoms with E-state index in [1.165, 1.54) is 0 Å². The molecule has 1 heterocycles. The number of hydrogen-bond acceptors (Lipinski definition) is 3. The molecular formula is C19H14F3N3O2. The Morgan fingerprint density at radius 2 is 1.56 bits per heavy atom. The number of pyridine rings is 1. The predicted octanol–water partition coefficient (Wildman–Crippen LogP) is 4.22. The van der Waals surface area contributed by atoms with E-state index in [9.17, 15) is 22.8 Å². The van der Waals surface area contributed by atoms with E-state index >= 15 is 0 Å². The van der Waals surface area contributed by atoms with Crippen LogP contribution in [0.25, 0.3) is 10.9 Å². The third kappa shape index (κ3) is 4.60. The number of rotatable bonds is 4. The molecule has 0 saturated carbocycles. The maximum Gasteiger partial charge on any atom is 0.416 e. The Kier molecular flexibility index (Phi) is 5.07. The monoisotopic (exact) mass is 373 g/mol. The van der Waals surface area contributed by atoms with Crippen LogP contribution in [-0.4, -0.2) is 16.8 Å². The molecule has 0 bridgehead atoms. The average Bonchev–Trinajstić information content (AvgIpc) is 2.61. The van der Waals surface area contributed by atoms with E-state index in [-0.39, 0.29) is 5.69 Å². The van der Waals surface area contributed by atoms with Gasteiger partial charge in [-0.05, 0) is 36.4 Å². The molecule has 2 amide bonds. The summed E-state index contributed by atoms with van der Waals surface area (Å²) in [5.41, 5.74) is 0.422. The Hall–Kier alpha value is -3.42. The van der Waals surface area contributed by atoms with Crippen LogP contribution < -0.4 is 10.6 Å². The van der Waals surface area contributed by atoms with Crippen LogP contribution >= 0.6 is 0 Å². The smallest absolute Gasteiger partial charge is 0.326 e. The second-order valence-electron chi connectivity index (χ2n) is 5.73. The first-order valence-corrected chi connectivity index (χ1v) is 7.93. The van der Waals surface area contributed by atoms with E-state index < -0.39 is 30.0 Å². The van der Waals surface area contributed by atoms with Crippen molar-refractivity contribution in [2.45, 2.75) is 12.6 Å². The lowest BCUT2D eigenvalue weighted by molar-refractivity contribution is -0.137. The summed E-state index contributed by atoms with van der Waals surface area (Å²) in [6.07, 6.45) is -3.34. The molecule has 138 valence electrons. The largest absolute Gasteiger partial charge is 0.416 e. The summed E-state index contributed by atoms with van der Waals surface area (Å²) in [4.78, 5) is 28.2. The molecule has 27 heavy (non-hydrogen) atoms. The maximum absolute atomic E-state index is 12.5. The minimum absolute atomic E-state index is 0.174. The van der Waals surface area contributed by atoms with Crippen molar-refractivity contribution in [2.24, 2.45) is 0 Å². The summed E-state index contributed by atoms with van der Waals surface area (Å²) >= 11 is 0. The topological polar surface area (TPSA) is 71.1 Å². The van der Waals surface area contributed by atoms with Crippen LogP contribution in [0.15, 0.2) is 60.8 Å². The lowest BCUT2D eigenvalue weighted by atomic mass is 10.2. The Labute approximate surface area is 152 Å². The van der Waals surface area contributed by atoms with Crippen molar-refractivity contribution >= 4 is 34.1 Å². The Morgan fingerprint density at radius 1 is 0.889 bits per heavy atom. The van der Waals surface area contributed by atoms with Gasteiger partial charge in [0.25, 0.3) is 0 Å². The first kappa shape index (κ1) is 18.4. The molecule has 5 nitrogen and oxygen atoms in total. The van der Waals surface area contributed by atoms with Crippen molar-refractivity contribution in [3.63, 3.8) is 0 Å². The van der Waals surface area contributed by atoms with Crippen LogP contribution in [0.2, 0.25) is 0 Å². The molecule has 8 heteroatoms. The van der Waals surface area contributed by atoms with E-state index in [4.69, 9.17) is 0 Å². The van der Waals surface area contributed by atoms with E-state index in [1.807, 2.05) is 12.1 Å². The highest BCUT2D eigenvalue weighted by molar-refractivity contribution is 6.10. The van der Waals surface area contributed by atoms with Gasteiger partial charge in [0.1, 0.15) is 6.42 Å². The summed E-state index contributed by atoms with van der Waals surface area (Å²) < 4.78 is 37.6. The quantitative estimate of drug-likeness (QED) is 0.673. The molecule has 3 rings (SSSR count). The zero-order valence-electron chi connectivity index (χ0n) is 13.9. The molecule has 0 aliphatic carbocycles. The van der Waals surface area contributed by atoms with Crippen LogP contribution in [-0.2, 0) is 15.8 Å². The number of hydrogen-bond donors (Lipinski definition) is 2. The summed E-state index contributed by atoms with van der Waals surface area (Å²) in [6.45, 7) is 0. The van der Waals surface area contributed by atoms with Gasteiger partial charge in [-0.15, -0.1) is 0 Å². The highest BCUT2D eigenvalue weighted by Gasteiger charge is 2.30. The zero-order chi connectivity index (χ0) is 19.4. The minimum Gasteiger partial charge on any atom is -0.326 e. The Bertz CT molecular complexity index is 980. The average molecular weight is 373 g/mol. The van der Waals surface area contributed by atoms with Gasteiger partial charge in [0, 0.05) is 17.3 Å². The number of alkyl halides is 3. The highest BCUT2D eigenvalue weighted by Crippen LogP contribution is 2.29. The number of benzene rings is 2. The van der Waals surface area contributed by atoms with Gasteiger partial charge in [-0.2, -0.15) is 13.2 Å². The molecule has 2 N–H and O–H groups in total. The summed E-state index contributed by atoms with van der Waals surface area (Å²) in [7, 11) is 0. The second kappa shape index (κ2) is 7.45. The third-order valence-electron chi connectivity index (χ3n) is 3.72. The number of amides is 2. The first-order valence-electron chi connectivity index (χ1n) is 7.93. The molecule has 0 saturated heterocycles. The van der Waals surface area contributed by atoms with E-state index in [0.29, 0.717) is 11.2 Å². The fourth-order valence-electron chi connectivity index (χ4n) is 2.49. The van der Waals surface area contributed by atoms with Gasteiger partial charge < -0.3 is 10.6 Å². The number of para-hydroxylation sites is 1. The number of nitrogens with one attached hydrogen (secondary N) is 2. The Morgan fingerprint density at radius 3 is 2.26 bits per heavy atom. The van der Waals surface area contributed by atoms with Crippen LogP contribution in [0.4, 0.5) is 24.5 Å². The molecule has 0 unspecified atom stereocenters. The number of anilines is 2. The Balaban J connectivity index is 1.61. The third-order valence-corrected chi connectivity index (χ3v) is 3.72. The van der Waals surface area contributed by atoms with Crippen LogP contribution in [0.1, 0.15) is 12.0 Å². The lowest BCUT2D eigenvalue weighted by Crippen LogP contribution is -2.21. The van der Waals surface area contributed by atoms with Gasteiger partial charge in [0.05, 0.1) is 16.8 Å². The molecule has 2 aromatic carbocycles. The summed E-state index contributed by atoms with van der Waals surface area (Å²) in [5.74, 6) is -1.20. The molecule has 3 aromatic rings. The molecule has 0 radical (unpaired) electrons. The molecule has 0 aliphatic heterocycles. The number of carbonyl (C=O) groups excluding carboxylic acids is 2. The minimum atomic E-state index is -4.45. The van der Waals surface area contributed by atoms with Crippen LogP contribution in [0, 0.1) is 0 Å². The fourth-order valence-corrected chi connectivity index (χ4v) is 2.49. The normalized spacial score (nSPS) is 11.2. The van der Waals surface area contributed by atoms with Gasteiger partial charge in [0.2, 0.25) is 11.8 Å². The number of aromatic nitrogens is 1. The van der Waals surface area contributed by atoms with Crippen molar-refractivity contribution in [1.29, 1.82) is 0 Å². The SMILES string of the molecule is O=C(CC(=O)Nc1cccc2cccnc12)Nc1ccc(C(F)(F)F)cc1. The van der Waals surface area contributed by atoms with Crippen molar-refractivity contribution in [2.75, 3.05) is 10.6 Å². The first-order chi connectivity index (χ1) is 12.8. The number of halogens is 3. The summed E-state index contributed by atoms with van der Waals surface area (Å²) in [5, 5.41) is 5.85. The molecule has 0 spiro atoms. The van der Waals surface area contributed by atoms with E-state index in [0.717, 1.165) is 29.7 Å². The highest BCUT2D eigenvalue weighted by atomic mass is 19.4. The molecule has 1 aromatic heterocycles. The van der Waals surface area contributed by atoms with Crippen LogP contribution in [0.3, 0.4) is 0 Å². The van der Waals surface area contributed by atoms with Crippen molar-refractivity contribution in [1.82, 2.24) is 4.98 Å². The second-order valence-corrected chi connectivity index (χ2v) is 5.73. The van der Waals surface area contributed by atoms with Gasteiger partial charge in [-0.25, -0.2) is 0 Å². The standard InChI is InChI=1S/C19H14F3N3O2/c20-19(21,22)13-6-8-14(9-7-13)24-16(26)11-17(27)25-15-5-1-3-12-4-2-10-23-18(12)15/h1-10H,11H2,(H,24,26)(H,25,27).